The molecule has 2 aromatic rings. The molecule has 10 heteroatoms. The Morgan fingerprint density at radius 3 is 2.33 bits per heavy atom. The number of nitriles is 2. The summed E-state index contributed by atoms with van der Waals surface area (Å²) in [5.41, 5.74) is 0.999. The minimum absolute atomic E-state index is 0.00121. The van der Waals surface area contributed by atoms with Gasteiger partial charge in [-0.1, -0.05) is 6.07 Å². The summed E-state index contributed by atoms with van der Waals surface area (Å²) in [6.07, 6.45) is -6.82. The quantitative estimate of drug-likeness (QED) is 0.648. The van der Waals surface area contributed by atoms with E-state index in [1.165, 1.54) is 25.2 Å². The zero-order chi connectivity index (χ0) is 24.3. The molecular formula is C23H20F3N3O4. The molecule has 172 valence electrons. The van der Waals surface area contributed by atoms with Crippen molar-refractivity contribution < 1.29 is 32.2 Å². The molecule has 0 N–H and O–H groups in total. The molecule has 0 radical (unpaired) electrons. The van der Waals surface area contributed by atoms with Crippen LogP contribution in [-0.2, 0) is 0 Å². The van der Waals surface area contributed by atoms with Crippen molar-refractivity contribution in [2.75, 3.05) is 27.3 Å². The van der Waals surface area contributed by atoms with Gasteiger partial charge >= 0.3 is 6.18 Å². The van der Waals surface area contributed by atoms with Gasteiger partial charge < -0.3 is 19.1 Å². The van der Waals surface area contributed by atoms with Crippen LogP contribution in [0, 0.1) is 22.7 Å². The molecule has 0 aliphatic carbocycles. The highest BCUT2D eigenvalue weighted by molar-refractivity contribution is 6.01. The van der Waals surface area contributed by atoms with Crippen molar-refractivity contribution in [3.05, 3.63) is 52.6 Å². The highest BCUT2D eigenvalue weighted by Gasteiger charge is 2.41. The van der Waals surface area contributed by atoms with Gasteiger partial charge in [0.05, 0.1) is 31.4 Å². The molecule has 1 fully saturated rings. The van der Waals surface area contributed by atoms with Gasteiger partial charge in [0.2, 0.25) is 0 Å². The molecule has 0 aromatic heterocycles. The van der Waals surface area contributed by atoms with E-state index in [1.807, 2.05) is 12.1 Å². The maximum Gasteiger partial charge on any atom is 0.425 e. The van der Waals surface area contributed by atoms with Crippen molar-refractivity contribution in [2.24, 2.45) is 0 Å². The van der Waals surface area contributed by atoms with Gasteiger partial charge in [-0.2, -0.15) is 23.7 Å². The Morgan fingerprint density at radius 2 is 1.79 bits per heavy atom. The van der Waals surface area contributed by atoms with E-state index in [4.69, 9.17) is 19.5 Å². The van der Waals surface area contributed by atoms with Crippen LogP contribution in [0.4, 0.5) is 13.2 Å². The van der Waals surface area contributed by atoms with Crippen molar-refractivity contribution in [3.8, 4) is 29.4 Å². The largest absolute Gasteiger partial charge is 0.496 e. The first-order chi connectivity index (χ1) is 15.6. The van der Waals surface area contributed by atoms with Crippen molar-refractivity contribution in [2.45, 2.75) is 25.1 Å². The van der Waals surface area contributed by atoms with Crippen LogP contribution in [0.1, 0.15) is 39.9 Å². The fraction of sp³-hybridized carbons (Fsp3) is 0.348. The predicted octanol–water partition coefficient (Wildman–Crippen LogP) is 4.02. The number of alkyl halides is 3. The van der Waals surface area contributed by atoms with Crippen LogP contribution in [0.15, 0.2) is 30.3 Å². The molecule has 3 rings (SSSR count). The third kappa shape index (κ3) is 4.65. The molecule has 0 unspecified atom stereocenters. The lowest BCUT2D eigenvalue weighted by Gasteiger charge is -2.40. The number of halogens is 3. The molecule has 0 bridgehead atoms. The van der Waals surface area contributed by atoms with Crippen molar-refractivity contribution in [3.63, 3.8) is 0 Å². The molecule has 0 saturated carbocycles. The number of nitrogens with zero attached hydrogens (tertiary/aromatic N) is 3. The maximum absolute atomic E-state index is 13.3. The van der Waals surface area contributed by atoms with Crippen molar-refractivity contribution in [1.82, 2.24) is 4.90 Å². The summed E-state index contributed by atoms with van der Waals surface area (Å²) in [4.78, 5) is 14.7. The molecule has 1 atom stereocenters. The van der Waals surface area contributed by atoms with E-state index in [0.29, 0.717) is 11.3 Å². The van der Waals surface area contributed by atoms with E-state index in [1.54, 1.807) is 18.2 Å². The topological polar surface area (TPSA) is 95.6 Å². The number of rotatable bonds is 6. The second kappa shape index (κ2) is 9.29. The number of carbonyl (C=O) groups excluding carboxylic acids is 1. The predicted molar refractivity (Wildman–Crippen MR) is 110 cm³/mol. The smallest absolute Gasteiger partial charge is 0.425 e. The number of hydrogen-bond acceptors (Lipinski definition) is 6. The number of likely N-dealkylation sites (tertiary alicyclic amines) is 1. The van der Waals surface area contributed by atoms with Crippen molar-refractivity contribution in [1.29, 1.82) is 10.5 Å². The standard InChI is InChI=1S/C23H20F3N3O4/c1-13(23(24,25)26)33-18-7-5-15(10-28)21(32-3)20(18)22(30)29-11-16(12-29)17-6-4-14(9-27)8-19(17)31-2/h4-8,13,16H,11-12H2,1-3H3/t13-/m0/s1. The first-order valence-corrected chi connectivity index (χ1v) is 9.86. The minimum Gasteiger partial charge on any atom is -0.496 e. The Hall–Kier alpha value is -3.92. The van der Waals surface area contributed by atoms with E-state index in [0.717, 1.165) is 18.6 Å². The van der Waals surface area contributed by atoms with Crippen LogP contribution in [0.5, 0.6) is 17.2 Å². The third-order valence-corrected chi connectivity index (χ3v) is 5.39. The van der Waals surface area contributed by atoms with E-state index in [9.17, 15) is 23.2 Å². The van der Waals surface area contributed by atoms with Crippen LogP contribution in [0.3, 0.4) is 0 Å². The highest BCUT2D eigenvalue weighted by atomic mass is 19.4. The zero-order valence-corrected chi connectivity index (χ0v) is 18.1. The number of benzene rings is 2. The third-order valence-electron chi connectivity index (χ3n) is 5.39. The van der Waals surface area contributed by atoms with Crippen LogP contribution in [0.25, 0.3) is 0 Å². The number of carbonyl (C=O) groups is 1. The molecule has 0 spiro atoms. The van der Waals surface area contributed by atoms with Gasteiger partial charge in [0.1, 0.15) is 23.1 Å². The van der Waals surface area contributed by atoms with Crippen LogP contribution in [0.2, 0.25) is 0 Å². The maximum atomic E-state index is 13.3. The summed E-state index contributed by atoms with van der Waals surface area (Å²) in [5.74, 6) is -0.662. The Bertz CT molecular complexity index is 1150. The summed E-state index contributed by atoms with van der Waals surface area (Å²) in [7, 11) is 2.70. The lowest BCUT2D eigenvalue weighted by atomic mass is 9.89. The van der Waals surface area contributed by atoms with E-state index < -0.39 is 18.2 Å². The average molecular weight is 459 g/mol. The van der Waals surface area contributed by atoms with E-state index >= 15 is 0 Å². The molecule has 1 saturated heterocycles. The monoisotopic (exact) mass is 459 g/mol. The van der Waals surface area contributed by atoms with Gasteiger partial charge in [-0.3, -0.25) is 4.79 Å². The molecule has 1 aliphatic rings. The molecule has 2 aromatic carbocycles. The SMILES string of the molecule is COc1cc(C#N)ccc1C1CN(C(=O)c2c(O[C@@H](C)C(F)(F)F)ccc(C#N)c2OC)C1. The fourth-order valence-electron chi connectivity index (χ4n) is 3.54. The number of amides is 1. The highest BCUT2D eigenvalue weighted by Crippen LogP contribution is 2.39. The number of hydrogen-bond donors (Lipinski definition) is 0. The molecule has 1 heterocycles. The van der Waals surface area contributed by atoms with E-state index in [2.05, 4.69) is 0 Å². The minimum atomic E-state index is -4.64. The average Bonchev–Trinajstić information content (AvgIpc) is 2.76. The van der Waals surface area contributed by atoms with Crippen molar-refractivity contribution >= 4 is 5.91 Å². The Morgan fingerprint density at radius 1 is 1.09 bits per heavy atom. The van der Waals surface area contributed by atoms with Gasteiger partial charge in [-0.25, -0.2) is 0 Å². The Balaban J connectivity index is 1.90. The zero-order valence-electron chi connectivity index (χ0n) is 18.1. The summed E-state index contributed by atoms with van der Waals surface area (Å²) >= 11 is 0. The summed E-state index contributed by atoms with van der Waals surface area (Å²) in [6.45, 7) is 1.35. The van der Waals surface area contributed by atoms with Crippen LogP contribution < -0.4 is 14.2 Å². The number of methoxy groups -OCH3 is 2. The second-order valence-electron chi connectivity index (χ2n) is 7.41. The first kappa shape index (κ1) is 23.7. The molecule has 1 aliphatic heterocycles. The van der Waals surface area contributed by atoms with Gasteiger partial charge in [-0.05, 0) is 31.2 Å². The first-order valence-electron chi connectivity index (χ1n) is 9.86. The van der Waals surface area contributed by atoms with Crippen LogP contribution in [-0.4, -0.2) is 50.4 Å². The number of ether oxygens (including phenoxy) is 3. The Labute approximate surface area is 188 Å². The summed E-state index contributed by atoms with van der Waals surface area (Å²) in [5, 5.41) is 18.4. The molecule has 33 heavy (non-hydrogen) atoms. The summed E-state index contributed by atoms with van der Waals surface area (Å²) in [6, 6.07) is 11.3. The lowest BCUT2D eigenvalue weighted by molar-refractivity contribution is -0.189. The molecule has 7 nitrogen and oxygen atoms in total. The van der Waals surface area contributed by atoms with Gasteiger partial charge in [0.15, 0.2) is 11.9 Å². The fourth-order valence-corrected chi connectivity index (χ4v) is 3.54. The molecular weight excluding hydrogens is 439 g/mol. The van der Waals surface area contributed by atoms with Gasteiger partial charge in [-0.15, -0.1) is 0 Å². The lowest BCUT2D eigenvalue weighted by Crippen LogP contribution is -2.48. The summed E-state index contributed by atoms with van der Waals surface area (Å²) < 4.78 is 54.8. The molecule has 1 amide bonds. The second-order valence-corrected chi connectivity index (χ2v) is 7.41. The Kier molecular flexibility index (Phi) is 6.68. The van der Waals surface area contributed by atoms with Gasteiger partial charge in [0, 0.05) is 24.6 Å². The normalized spacial score (nSPS) is 14.5. The van der Waals surface area contributed by atoms with E-state index in [-0.39, 0.29) is 41.6 Å². The van der Waals surface area contributed by atoms with Gasteiger partial charge in [0.25, 0.3) is 5.91 Å². The van der Waals surface area contributed by atoms with Crippen LogP contribution >= 0.6 is 0 Å².